The van der Waals surface area contributed by atoms with Crippen molar-refractivity contribution >= 4 is 21.7 Å². The van der Waals surface area contributed by atoms with Crippen LogP contribution < -0.4 is 5.32 Å². The standard InChI is InChI=1S/C25H23F3N2O5S/c1-4-35-25(32)15(3)30-24(31)22-11-14(2)20(13-29-22)23(19-12-17(27)7-10-21(19)28)36(33,34)18-8-5-16(26)6-9-18/h5-13,15,23H,4H2,1-3H3,(H,30,31)/t15-,23?/m0/s1. The zero-order valence-electron chi connectivity index (χ0n) is 19.6. The van der Waals surface area contributed by atoms with Gasteiger partial charge in [0.05, 0.1) is 11.5 Å². The first-order valence-corrected chi connectivity index (χ1v) is 12.4. The first-order valence-electron chi connectivity index (χ1n) is 10.8. The van der Waals surface area contributed by atoms with Gasteiger partial charge in [0.2, 0.25) is 0 Å². The lowest BCUT2D eigenvalue weighted by atomic mass is 10.0. The second-order valence-corrected chi connectivity index (χ2v) is 9.95. The van der Waals surface area contributed by atoms with E-state index in [0.29, 0.717) is 0 Å². The van der Waals surface area contributed by atoms with Gasteiger partial charge >= 0.3 is 5.97 Å². The Morgan fingerprint density at radius 1 is 1.00 bits per heavy atom. The fraction of sp³-hybridized carbons (Fsp3) is 0.240. The minimum Gasteiger partial charge on any atom is -0.464 e. The molecule has 0 spiro atoms. The van der Waals surface area contributed by atoms with Crippen LogP contribution in [0.5, 0.6) is 0 Å². The molecule has 3 rings (SSSR count). The van der Waals surface area contributed by atoms with E-state index in [2.05, 4.69) is 10.3 Å². The van der Waals surface area contributed by atoms with Gasteiger partial charge in [-0.25, -0.2) is 26.4 Å². The van der Waals surface area contributed by atoms with Crippen molar-refractivity contribution in [1.29, 1.82) is 0 Å². The van der Waals surface area contributed by atoms with Gasteiger partial charge in [0, 0.05) is 11.8 Å². The van der Waals surface area contributed by atoms with E-state index >= 15 is 0 Å². The molecule has 2 aromatic carbocycles. The van der Waals surface area contributed by atoms with Crippen molar-refractivity contribution in [2.45, 2.75) is 37.0 Å². The number of sulfone groups is 1. The molecule has 7 nitrogen and oxygen atoms in total. The molecule has 1 amide bonds. The SMILES string of the molecule is CCOC(=O)[C@H](C)NC(=O)c1cc(C)c(C(c2cc(F)ccc2F)S(=O)(=O)c2ccc(F)cc2)cn1. The molecule has 2 atom stereocenters. The molecule has 0 aliphatic heterocycles. The Bertz CT molecular complexity index is 1400. The third-order valence-corrected chi connectivity index (χ3v) is 7.40. The van der Waals surface area contributed by atoms with Gasteiger partial charge < -0.3 is 10.1 Å². The van der Waals surface area contributed by atoms with Gasteiger partial charge in [-0.15, -0.1) is 0 Å². The van der Waals surface area contributed by atoms with Crippen LogP contribution in [0.3, 0.4) is 0 Å². The Labute approximate surface area is 206 Å². The average Bonchev–Trinajstić information content (AvgIpc) is 2.82. The van der Waals surface area contributed by atoms with Crippen LogP contribution in [-0.4, -0.2) is 37.9 Å². The predicted molar refractivity (Wildman–Crippen MR) is 124 cm³/mol. The normalized spacial score (nSPS) is 13.1. The fourth-order valence-electron chi connectivity index (χ4n) is 3.54. The van der Waals surface area contributed by atoms with Gasteiger partial charge in [-0.3, -0.25) is 9.78 Å². The molecule has 0 bridgehead atoms. The van der Waals surface area contributed by atoms with Crippen molar-refractivity contribution in [2.75, 3.05) is 6.61 Å². The fourth-order valence-corrected chi connectivity index (χ4v) is 5.42. The molecule has 3 aromatic rings. The highest BCUT2D eigenvalue weighted by Crippen LogP contribution is 2.38. The minimum absolute atomic E-state index is 0.0150. The van der Waals surface area contributed by atoms with E-state index in [1.807, 2.05) is 0 Å². The summed E-state index contributed by atoms with van der Waals surface area (Å²) in [6, 6.07) is 6.65. The summed E-state index contributed by atoms with van der Waals surface area (Å²) in [7, 11) is -4.43. The summed E-state index contributed by atoms with van der Waals surface area (Å²) in [6.45, 7) is 4.65. The summed E-state index contributed by atoms with van der Waals surface area (Å²) in [5.41, 5.74) is -0.389. The zero-order chi connectivity index (χ0) is 26.6. The van der Waals surface area contributed by atoms with Gasteiger partial charge in [0.1, 0.15) is 34.4 Å². The Kier molecular flexibility index (Phi) is 8.13. The molecule has 0 aliphatic carbocycles. The zero-order valence-corrected chi connectivity index (χ0v) is 20.4. The summed E-state index contributed by atoms with van der Waals surface area (Å²) >= 11 is 0. The van der Waals surface area contributed by atoms with E-state index in [1.54, 1.807) is 6.92 Å². The molecule has 1 heterocycles. The molecule has 0 saturated carbocycles. The highest BCUT2D eigenvalue weighted by atomic mass is 32.2. The first kappa shape index (κ1) is 26.9. The Morgan fingerprint density at radius 3 is 2.25 bits per heavy atom. The van der Waals surface area contributed by atoms with Crippen LogP contribution in [0.4, 0.5) is 13.2 Å². The van der Waals surface area contributed by atoms with Crippen molar-refractivity contribution in [2.24, 2.45) is 0 Å². The molecule has 36 heavy (non-hydrogen) atoms. The predicted octanol–water partition coefficient (Wildman–Crippen LogP) is 4.05. The number of aromatic nitrogens is 1. The van der Waals surface area contributed by atoms with E-state index in [9.17, 15) is 31.2 Å². The van der Waals surface area contributed by atoms with Gasteiger partial charge in [-0.1, -0.05) is 0 Å². The number of hydrogen-bond donors (Lipinski definition) is 1. The summed E-state index contributed by atoms with van der Waals surface area (Å²) < 4.78 is 74.3. The van der Waals surface area contributed by atoms with E-state index in [4.69, 9.17) is 4.74 Å². The smallest absolute Gasteiger partial charge is 0.328 e. The molecule has 0 radical (unpaired) electrons. The number of pyridine rings is 1. The molecule has 11 heteroatoms. The molecule has 1 unspecified atom stereocenters. The number of carbonyl (C=O) groups excluding carboxylic acids is 2. The van der Waals surface area contributed by atoms with Gasteiger partial charge in [0.25, 0.3) is 5.91 Å². The molecule has 0 saturated heterocycles. The van der Waals surface area contributed by atoms with Gasteiger partial charge in [0.15, 0.2) is 9.84 Å². The number of esters is 1. The lowest BCUT2D eigenvalue weighted by Crippen LogP contribution is -2.40. The van der Waals surface area contributed by atoms with Crippen molar-refractivity contribution in [3.63, 3.8) is 0 Å². The summed E-state index contributed by atoms with van der Waals surface area (Å²) in [5, 5.41) is 0.679. The maximum Gasteiger partial charge on any atom is 0.328 e. The quantitative estimate of drug-likeness (QED) is 0.355. The monoisotopic (exact) mass is 520 g/mol. The summed E-state index contributed by atoms with van der Waals surface area (Å²) in [5.74, 6) is -3.88. The lowest BCUT2D eigenvalue weighted by molar-refractivity contribution is -0.144. The molecule has 1 N–H and O–H groups in total. The Balaban J connectivity index is 2.08. The van der Waals surface area contributed by atoms with Crippen LogP contribution in [0.1, 0.15) is 46.3 Å². The first-order chi connectivity index (χ1) is 16.9. The average molecular weight is 521 g/mol. The molecule has 1 aromatic heterocycles. The number of aryl methyl sites for hydroxylation is 1. The van der Waals surface area contributed by atoms with Crippen LogP contribution in [0.25, 0.3) is 0 Å². The molecule has 0 fully saturated rings. The number of benzene rings is 2. The number of rotatable bonds is 8. The summed E-state index contributed by atoms with van der Waals surface area (Å²) in [6.07, 6.45) is 1.08. The van der Waals surface area contributed by atoms with Crippen LogP contribution in [-0.2, 0) is 19.4 Å². The highest BCUT2D eigenvalue weighted by Gasteiger charge is 2.35. The van der Waals surface area contributed by atoms with Gasteiger partial charge in [-0.05, 0) is 80.4 Å². The Hall–Kier alpha value is -3.73. The van der Waals surface area contributed by atoms with Crippen LogP contribution >= 0.6 is 0 Å². The highest BCUT2D eigenvalue weighted by molar-refractivity contribution is 7.92. The maximum atomic E-state index is 14.8. The molecular weight excluding hydrogens is 497 g/mol. The van der Waals surface area contributed by atoms with Crippen molar-refractivity contribution < 1.29 is 35.9 Å². The topological polar surface area (TPSA) is 102 Å². The second-order valence-electron chi connectivity index (χ2n) is 7.92. The minimum atomic E-state index is -4.43. The Morgan fingerprint density at radius 2 is 1.64 bits per heavy atom. The van der Waals surface area contributed by atoms with E-state index in [1.165, 1.54) is 19.9 Å². The number of ether oxygens (including phenoxy) is 1. The van der Waals surface area contributed by atoms with E-state index in [-0.39, 0.29) is 28.3 Å². The van der Waals surface area contributed by atoms with Crippen LogP contribution in [0.2, 0.25) is 0 Å². The largest absolute Gasteiger partial charge is 0.464 e. The maximum absolute atomic E-state index is 14.8. The lowest BCUT2D eigenvalue weighted by Gasteiger charge is -2.21. The van der Waals surface area contributed by atoms with Crippen LogP contribution in [0, 0.1) is 24.4 Å². The van der Waals surface area contributed by atoms with Crippen molar-refractivity contribution in [3.05, 3.63) is 94.6 Å². The molecular formula is C25H23F3N2O5S. The number of carbonyl (C=O) groups is 2. The number of halogens is 3. The van der Waals surface area contributed by atoms with Crippen molar-refractivity contribution in [3.8, 4) is 0 Å². The number of nitrogens with one attached hydrogen (secondary N) is 1. The third-order valence-electron chi connectivity index (χ3n) is 5.35. The number of amides is 1. The van der Waals surface area contributed by atoms with E-state index < -0.39 is 56.0 Å². The number of hydrogen-bond acceptors (Lipinski definition) is 6. The second kappa shape index (κ2) is 10.9. The molecule has 0 aliphatic rings. The third kappa shape index (κ3) is 5.73. The number of nitrogens with zero attached hydrogens (tertiary/aromatic N) is 1. The van der Waals surface area contributed by atoms with E-state index in [0.717, 1.165) is 48.7 Å². The molecule has 190 valence electrons. The summed E-state index contributed by atoms with van der Waals surface area (Å²) in [4.78, 5) is 28.1. The van der Waals surface area contributed by atoms with Crippen LogP contribution in [0.15, 0.2) is 59.6 Å². The van der Waals surface area contributed by atoms with Gasteiger partial charge in [-0.2, -0.15) is 0 Å². The van der Waals surface area contributed by atoms with Crippen molar-refractivity contribution in [1.82, 2.24) is 10.3 Å².